The van der Waals surface area contributed by atoms with Crippen molar-refractivity contribution in [3.8, 4) is 17.2 Å². The second kappa shape index (κ2) is 4.75. The fraction of sp³-hybridized carbons (Fsp3) is 0.294. The summed E-state index contributed by atoms with van der Waals surface area (Å²) in [5.41, 5.74) is 3.04. The zero-order valence-electron chi connectivity index (χ0n) is 11.9. The summed E-state index contributed by atoms with van der Waals surface area (Å²) < 4.78 is 11.5. The van der Waals surface area contributed by atoms with Crippen LogP contribution in [0.15, 0.2) is 36.4 Å². The lowest BCUT2D eigenvalue weighted by molar-refractivity contribution is 0.208. The van der Waals surface area contributed by atoms with Gasteiger partial charge in [0.25, 0.3) is 0 Å². The number of phenolic OH excluding ortho intramolecular Hbond substituents is 1. The van der Waals surface area contributed by atoms with Crippen LogP contribution in [-0.4, -0.2) is 12.2 Å². The second-order valence-corrected chi connectivity index (χ2v) is 5.20. The summed E-state index contributed by atoms with van der Waals surface area (Å²) in [5.74, 6) is 1.77. The zero-order chi connectivity index (χ0) is 14.3. The van der Waals surface area contributed by atoms with Crippen molar-refractivity contribution in [2.24, 2.45) is 0 Å². The standard InChI is InChI=1S/C17H18O3/c1-10-13(18)9-14(19-3)17-15(10)11(2)16(20-17)12-7-5-4-6-8-12/h4-9,11,16,18H,1-3H3/t11-,16-/m0/s1. The van der Waals surface area contributed by atoms with Gasteiger partial charge in [-0.2, -0.15) is 0 Å². The number of rotatable bonds is 2. The first-order valence-electron chi connectivity index (χ1n) is 6.75. The second-order valence-electron chi connectivity index (χ2n) is 5.20. The fourth-order valence-electron chi connectivity index (χ4n) is 2.94. The summed E-state index contributed by atoms with van der Waals surface area (Å²) in [6.45, 7) is 4.04. The molecule has 0 fully saturated rings. The van der Waals surface area contributed by atoms with Gasteiger partial charge in [0.1, 0.15) is 11.9 Å². The third-order valence-corrected chi connectivity index (χ3v) is 4.03. The summed E-state index contributed by atoms with van der Waals surface area (Å²) in [6, 6.07) is 11.8. The van der Waals surface area contributed by atoms with E-state index in [0.717, 1.165) is 22.4 Å². The van der Waals surface area contributed by atoms with Gasteiger partial charge < -0.3 is 14.6 Å². The van der Waals surface area contributed by atoms with Crippen molar-refractivity contribution < 1.29 is 14.6 Å². The molecule has 0 amide bonds. The maximum Gasteiger partial charge on any atom is 0.166 e. The van der Waals surface area contributed by atoms with E-state index in [-0.39, 0.29) is 17.8 Å². The molecule has 3 nitrogen and oxygen atoms in total. The maximum atomic E-state index is 10.0. The van der Waals surface area contributed by atoms with Crippen molar-refractivity contribution in [3.63, 3.8) is 0 Å². The molecule has 0 saturated heterocycles. The van der Waals surface area contributed by atoms with Crippen LogP contribution in [0.25, 0.3) is 0 Å². The van der Waals surface area contributed by atoms with Crippen LogP contribution in [0.5, 0.6) is 17.2 Å². The van der Waals surface area contributed by atoms with E-state index in [1.165, 1.54) is 0 Å². The average Bonchev–Trinajstić information content (AvgIpc) is 2.82. The Morgan fingerprint density at radius 1 is 1.20 bits per heavy atom. The highest BCUT2D eigenvalue weighted by atomic mass is 16.5. The van der Waals surface area contributed by atoms with Gasteiger partial charge >= 0.3 is 0 Å². The molecule has 3 heteroatoms. The lowest BCUT2D eigenvalue weighted by atomic mass is 9.90. The smallest absolute Gasteiger partial charge is 0.166 e. The number of aromatic hydroxyl groups is 1. The number of methoxy groups -OCH3 is 1. The molecular formula is C17H18O3. The van der Waals surface area contributed by atoms with Crippen LogP contribution in [0.1, 0.15) is 35.6 Å². The zero-order valence-corrected chi connectivity index (χ0v) is 11.9. The molecule has 1 N–H and O–H groups in total. The van der Waals surface area contributed by atoms with Gasteiger partial charge in [0.05, 0.1) is 7.11 Å². The number of benzene rings is 2. The summed E-state index contributed by atoms with van der Waals surface area (Å²) in [7, 11) is 1.59. The highest BCUT2D eigenvalue weighted by Gasteiger charge is 2.36. The Morgan fingerprint density at radius 3 is 2.55 bits per heavy atom. The molecule has 0 unspecified atom stereocenters. The third kappa shape index (κ3) is 1.82. The molecule has 104 valence electrons. The normalized spacial score (nSPS) is 20.4. The van der Waals surface area contributed by atoms with Crippen LogP contribution in [0, 0.1) is 6.92 Å². The SMILES string of the molecule is COc1cc(O)c(C)c2c1O[C@H](c1ccccc1)[C@H]2C. The van der Waals surface area contributed by atoms with Gasteiger partial charge in [0.2, 0.25) is 0 Å². The average molecular weight is 270 g/mol. The van der Waals surface area contributed by atoms with E-state index in [1.54, 1.807) is 13.2 Å². The van der Waals surface area contributed by atoms with E-state index in [1.807, 2.05) is 25.1 Å². The lowest BCUT2D eigenvalue weighted by Crippen LogP contribution is -2.07. The summed E-state index contributed by atoms with van der Waals surface area (Å²) in [5, 5.41) is 10.0. The van der Waals surface area contributed by atoms with E-state index in [2.05, 4.69) is 19.1 Å². The predicted molar refractivity (Wildman–Crippen MR) is 77.6 cm³/mol. The van der Waals surface area contributed by atoms with Crippen LogP contribution >= 0.6 is 0 Å². The van der Waals surface area contributed by atoms with Crippen LogP contribution in [0.4, 0.5) is 0 Å². The highest BCUT2D eigenvalue weighted by molar-refractivity contribution is 5.60. The molecule has 0 spiro atoms. The first-order valence-corrected chi connectivity index (χ1v) is 6.75. The molecule has 0 radical (unpaired) electrons. The van der Waals surface area contributed by atoms with Crippen LogP contribution < -0.4 is 9.47 Å². The summed E-state index contributed by atoms with van der Waals surface area (Å²) in [6.07, 6.45) is -0.0411. The quantitative estimate of drug-likeness (QED) is 0.898. The van der Waals surface area contributed by atoms with Crippen molar-refractivity contribution in [3.05, 3.63) is 53.1 Å². The minimum absolute atomic E-state index is 0.0411. The Bertz CT molecular complexity index is 634. The Hall–Kier alpha value is -2.16. The molecule has 0 saturated carbocycles. The topological polar surface area (TPSA) is 38.7 Å². The molecule has 2 aromatic carbocycles. The Kier molecular flexibility index (Phi) is 3.05. The first-order chi connectivity index (χ1) is 9.63. The summed E-state index contributed by atoms with van der Waals surface area (Å²) in [4.78, 5) is 0. The van der Waals surface area contributed by atoms with Gasteiger partial charge in [-0.3, -0.25) is 0 Å². The minimum atomic E-state index is -0.0411. The lowest BCUT2D eigenvalue weighted by Gasteiger charge is -2.15. The van der Waals surface area contributed by atoms with Gasteiger partial charge in [-0.1, -0.05) is 37.3 Å². The molecule has 0 bridgehead atoms. The third-order valence-electron chi connectivity index (χ3n) is 4.03. The number of fused-ring (bicyclic) bond motifs is 1. The van der Waals surface area contributed by atoms with Gasteiger partial charge in [0, 0.05) is 17.5 Å². The molecule has 1 aliphatic heterocycles. The van der Waals surface area contributed by atoms with Crippen molar-refractivity contribution in [2.45, 2.75) is 25.9 Å². The Labute approximate surface area is 118 Å². The monoisotopic (exact) mass is 270 g/mol. The number of hydrogen-bond donors (Lipinski definition) is 1. The van der Waals surface area contributed by atoms with E-state index in [0.29, 0.717) is 5.75 Å². The molecule has 3 rings (SSSR count). The van der Waals surface area contributed by atoms with Crippen molar-refractivity contribution in [1.29, 1.82) is 0 Å². The van der Waals surface area contributed by atoms with Gasteiger partial charge in [-0.25, -0.2) is 0 Å². The van der Waals surface area contributed by atoms with Crippen molar-refractivity contribution in [1.82, 2.24) is 0 Å². The number of ether oxygens (including phenoxy) is 2. The molecule has 0 aliphatic carbocycles. The van der Waals surface area contributed by atoms with Crippen LogP contribution in [-0.2, 0) is 0 Å². The fourth-order valence-corrected chi connectivity index (χ4v) is 2.94. The van der Waals surface area contributed by atoms with Crippen LogP contribution in [0.2, 0.25) is 0 Å². The molecule has 1 heterocycles. The predicted octanol–water partition coefficient (Wildman–Crippen LogP) is 3.95. The van der Waals surface area contributed by atoms with Gasteiger partial charge in [-0.15, -0.1) is 0 Å². The summed E-state index contributed by atoms with van der Waals surface area (Å²) >= 11 is 0. The highest BCUT2D eigenvalue weighted by Crippen LogP contribution is 2.53. The van der Waals surface area contributed by atoms with Crippen molar-refractivity contribution >= 4 is 0 Å². The minimum Gasteiger partial charge on any atom is -0.508 e. The van der Waals surface area contributed by atoms with E-state index in [9.17, 15) is 5.11 Å². The van der Waals surface area contributed by atoms with Gasteiger partial charge in [-0.05, 0) is 18.1 Å². The maximum absolute atomic E-state index is 10.0. The Balaban J connectivity index is 2.10. The van der Waals surface area contributed by atoms with E-state index < -0.39 is 0 Å². The molecular weight excluding hydrogens is 252 g/mol. The molecule has 1 aliphatic rings. The Morgan fingerprint density at radius 2 is 1.90 bits per heavy atom. The molecule has 0 aromatic heterocycles. The largest absolute Gasteiger partial charge is 0.508 e. The van der Waals surface area contributed by atoms with Gasteiger partial charge in [0.15, 0.2) is 11.5 Å². The number of hydrogen-bond acceptors (Lipinski definition) is 3. The van der Waals surface area contributed by atoms with E-state index >= 15 is 0 Å². The molecule has 2 atom stereocenters. The number of phenols is 1. The molecule has 20 heavy (non-hydrogen) atoms. The first kappa shape index (κ1) is 12.9. The molecule has 2 aromatic rings. The van der Waals surface area contributed by atoms with E-state index in [4.69, 9.17) is 9.47 Å². The van der Waals surface area contributed by atoms with Crippen LogP contribution in [0.3, 0.4) is 0 Å². The van der Waals surface area contributed by atoms with Crippen molar-refractivity contribution in [2.75, 3.05) is 7.11 Å².